The number of carbonyl (C=O) groups excluding carboxylic acids is 2. The number of amides is 2. The van der Waals surface area contributed by atoms with Crippen LogP contribution in [-0.2, 0) is 16.0 Å². The Kier molecular flexibility index (Phi) is 7.38. The van der Waals surface area contributed by atoms with Crippen molar-refractivity contribution in [3.05, 3.63) is 29.8 Å². The number of carbonyl (C=O) groups is 2. The van der Waals surface area contributed by atoms with Crippen molar-refractivity contribution in [2.24, 2.45) is 11.8 Å². The van der Waals surface area contributed by atoms with Gasteiger partial charge in [-0.25, -0.2) is 0 Å². The molecule has 1 aromatic rings. The van der Waals surface area contributed by atoms with Gasteiger partial charge in [-0.2, -0.15) is 0 Å². The number of anilines is 1. The third kappa shape index (κ3) is 6.29. The van der Waals surface area contributed by atoms with Gasteiger partial charge in [0.2, 0.25) is 11.8 Å². The second-order valence-electron chi connectivity index (χ2n) is 7.08. The zero-order chi connectivity index (χ0) is 19.1. The lowest BCUT2D eigenvalue weighted by Crippen LogP contribution is -2.52. The average Bonchev–Trinajstić information content (AvgIpc) is 2.58. The van der Waals surface area contributed by atoms with E-state index < -0.39 is 0 Å². The van der Waals surface area contributed by atoms with Gasteiger partial charge < -0.3 is 10.6 Å². The molecule has 1 aromatic carbocycles. The lowest BCUT2D eigenvalue weighted by atomic mass is 9.78. The summed E-state index contributed by atoms with van der Waals surface area (Å²) in [5, 5.41) is 6.45. The maximum atomic E-state index is 12.1. The number of rotatable bonds is 4. The third-order valence-electron chi connectivity index (χ3n) is 4.98. The first-order chi connectivity index (χ1) is 12.3. The van der Waals surface area contributed by atoms with Crippen molar-refractivity contribution in [2.75, 3.05) is 5.32 Å². The summed E-state index contributed by atoms with van der Waals surface area (Å²) in [4.78, 5) is 23.1. The highest BCUT2D eigenvalue weighted by atomic mass is 32.1. The van der Waals surface area contributed by atoms with Gasteiger partial charge in [0, 0.05) is 18.7 Å². The molecule has 0 radical (unpaired) electrons. The van der Waals surface area contributed by atoms with Crippen LogP contribution in [0.25, 0.3) is 0 Å². The first kappa shape index (κ1) is 20.2. The Bertz CT molecular complexity index is 647. The van der Waals surface area contributed by atoms with Gasteiger partial charge in [-0.15, -0.1) is 0 Å². The summed E-state index contributed by atoms with van der Waals surface area (Å²) in [6.07, 6.45) is 3.79. The maximum absolute atomic E-state index is 12.1. The molecule has 4 N–H and O–H groups in total. The first-order valence-electron chi connectivity index (χ1n) is 9.07. The molecule has 7 heteroatoms. The Labute approximate surface area is 160 Å². The summed E-state index contributed by atoms with van der Waals surface area (Å²) < 4.78 is 0. The molecule has 0 aromatic heterocycles. The number of hydrogen-bond acceptors (Lipinski definition) is 3. The summed E-state index contributed by atoms with van der Waals surface area (Å²) in [5.41, 5.74) is 6.98. The number of benzene rings is 1. The monoisotopic (exact) mass is 376 g/mol. The summed E-state index contributed by atoms with van der Waals surface area (Å²) in [6.45, 7) is 5.97. The van der Waals surface area contributed by atoms with Crippen molar-refractivity contribution in [3.8, 4) is 0 Å². The van der Waals surface area contributed by atoms with Crippen molar-refractivity contribution in [1.29, 1.82) is 0 Å². The normalized spacial score (nSPS) is 22.2. The van der Waals surface area contributed by atoms with E-state index >= 15 is 0 Å². The Hall–Kier alpha value is -2.15. The third-order valence-corrected chi connectivity index (χ3v) is 5.20. The van der Waals surface area contributed by atoms with Crippen LogP contribution in [0.3, 0.4) is 0 Å². The van der Waals surface area contributed by atoms with Crippen molar-refractivity contribution >= 4 is 34.8 Å². The highest BCUT2D eigenvalue weighted by molar-refractivity contribution is 7.80. The van der Waals surface area contributed by atoms with Crippen molar-refractivity contribution in [1.82, 2.24) is 16.2 Å². The summed E-state index contributed by atoms with van der Waals surface area (Å²) in [5.74, 6) is 0.939. The summed E-state index contributed by atoms with van der Waals surface area (Å²) >= 11 is 5.29. The molecule has 0 bridgehead atoms. The smallest absolute Gasteiger partial charge is 0.242 e. The minimum absolute atomic E-state index is 0.123. The average molecular weight is 377 g/mol. The molecule has 142 valence electrons. The molecule has 0 unspecified atom stereocenters. The van der Waals surface area contributed by atoms with Crippen LogP contribution in [0.2, 0.25) is 0 Å². The quantitative estimate of drug-likeness (QED) is 0.479. The number of nitrogens with one attached hydrogen (secondary N) is 4. The molecule has 1 aliphatic carbocycles. The van der Waals surface area contributed by atoms with Gasteiger partial charge in [0.05, 0.1) is 6.42 Å². The van der Waals surface area contributed by atoms with E-state index in [1.807, 2.05) is 12.1 Å². The van der Waals surface area contributed by atoms with Gasteiger partial charge in [-0.1, -0.05) is 38.8 Å². The molecule has 0 saturated heterocycles. The van der Waals surface area contributed by atoms with E-state index in [0.29, 0.717) is 28.7 Å². The highest BCUT2D eigenvalue weighted by Gasteiger charge is 2.27. The van der Waals surface area contributed by atoms with Gasteiger partial charge in [0.15, 0.2) is 5.11 Å². The molecule has 2 amide bonds. The van der Waals surface area contributed by atoms with Gasteiger partial charge in [0.1, 0.15) is 0 Å². The zero-order valence-electron chi connectivity index (χ0n) is 15.6. The lowest BCUT2D eigenvalue weighted by Gasteiger charge is -2.35. The predicted molar refractivity (Wildman–Crippen MR) is 107 cm³/mol. The molecule has 1 fully saturated rings. The zero-order valence-corrected chi connectivity index (χ0v) is 16.4. The molecule has 0 heterocycles. The number of hydrazine groups is 1. The van der Waals surface area contributed by atoms with Crippen LogP contribution >= 0.6 is 12.2 Å². The van der Waals surface area contributed by atoms with E-state index in [1.165, 1.54) is 19.8 Å². The Balaban J connectivity index is 1.74. The van der Waals surface area contributed by atoms with Crippen molar-refractivity contribution < 1.29 is 9.59 Å². The van der Waals surface area contributed by atoms with E-state index in [9.17, 15) is 9.59 Å². The molecule has 1 saturated carbocycles. The Morgan fingerprint density at radius 2 is 1.81 bits per heavy atom. The van der Waals surface area contributed by atoms with Crippen molar-refractivity contribution in [3.63, 3.8) is 0 Å². The van der Waals surface area contributed by atoms with E-state index in [1.54, 1.807) is 12.1 Å². The molecule has 6 nitrogen and oxygen atoms in total. The molecule has 26 heavy (non-hydrogen) atoms. The van der Waals surface area contributed by atoms with Crippen LogP contribution in [0.4, 0.5) is 5.69 Å². The number of thiocarbonyl (C=S) groups is 1. The maximum Gasteiger partial charge on any atom is 0.242 e. The standard InChI is InChI=1S/C19H28N4O2S/c1-12-5-4-6-17(13(12)2)21-19(26)23-22-18(25)11-15-7-9-16(10-8-15)20-14(3)24/h7-10,12-13,17H,4-6,11H2,1-3H3,(H,20,24)(H,22,25)(H2,21,23,26)/t12-,13+,17+/m0/s1. The predicted octanol–water partition coefficient (Wildman–Crippen LogP) is 2.51. The highest BCUT2D eigenvalue weighted by Crippen LogP contribution is 2.29. The number of hydrogen-bond donors (Lipinski definition) is 4. The van der Waals surface area contributed by atoms with Gasteiger partial charge in [-0.05, 0) is 48.2 Å². The Morgan fingerprint density at radius 3 is 2.46 bits per heavy atom. The second-order valence-corrected chi connectivity index (χ2v) is 7.48. The first-order valence-corrected chi connectivity index (χ1v) is 9.48. The summed E-state index contributed by atoms with van der Waals surface area (Å²) in [6, 6.07) is 7.51. The summed E-state index contributed by atoms with van der Waals surface area (Å²) in [7, 11) is 0. The van der Waals surface area contributed by atoms with Crippen LogP contribution in [0.5, 0.6) is 0 Å². The molecule has 3 atom stereocenters. The minimum Gasteiger partial charge on any atom is -0.358 e. The van der Waals surface area contributed by atoms with Crippen LogP contribution < -0.4 is 21.5 Å². The van der Waals surface area contributed by atoms with Crippen LogP contribution in [0, 0.1) is 11.8 Å². The van der Waals surface area contributed by atoms with Crippen LogP contribution in [0.1, 0.15) is 45.6 Å². The van der Waals surface area contributed by atoms with E-state index in [2.05, 4.69) is 35.3 Å². The fourth-order valence-electron chi connectivity index (χ4n) is 3.26. The van der Waals surface area contributed by atoms with Gasteiger partial charge >= 0.3 is 0 Å². The minimum atomic E-state index is -0.175. The fourth-order valence-corrected chi connectivity index (χ4v) is 3.46. The van der Waals surface area contributed by atoms with Gasteiger partial charge in [0.25, 0.3) is 0 Å². The molecule has 0 spiro atoms. The van der Waals surface area contributed by atoms with E-state index in [-0.39, 0.29) is 18.2 Å². The Morgan fingerprint density at radius 1 is 1.12 bits per heavy atom. The van der Waals surface area contributed by atoms with E-state index in [0.717, 1.165) is 12.0 Å². The molecule has 1 aliphatic rings. The fraction of sp³-hybridized carbons (Fsp3) is 0.526. The SMILES string of the molecule is CC(=O)Nc1ccc(CC(=O)NNC(=S)N[C@@H]2CCC[C@H](C)[C@H]2C)cc1. The van der Waals surface area contributed by atoms with E-state index in [4.69, 9.17) is 12.2 Å². The largest absolute Gasteiger partial charge is 0.358 e. The van der Waals surface area contributed by atoms with Crippen LogP contribution in [0.15, 0.2) is 24.3 Å². The molecular formula is C19H28N4O2S. The second kappa shape index (κ2) is 9.52. The van der Waals surface area contributed by atoms with Crippen LogP contribution in [-0.4, -0.2) is 23.0 Å². The topological polar surface area (TPSA) is 82.3 Å². The molecule has 2 rings (SSSR count). The van der Waals surface area contributed by atoms with Gasteiger partial charge in [-0.3, -0.25) is 20.4 Å². The molecule has 0 aliphatic heterocycles. The van der Waals surface area contributed by atoms with Crippen molar-refractivity contribution in [2.45, 2.75) is 52.5 Å². The molecular weight excluding hydrogens is 348 g/mol. The lowest BCUT2D eigenvalue weighted by molar-refractivity contribution is -0.121.